The summed E-state index contributed by atoms with van der Waals surface area (Å²) in [5.74, 6) is -0.948. The zero-order valence-electron chi connectivity index (χ0n) is 12.4. The smallest absolute Gasteiger partial charge is 0.305 e. The van der Waals surface area contributed by atoms with Crippen LogP contribution in [0.15, 0.2) is 36.4 Å². The number of carbonyl (C=O) groups is 2. The number of hydrogen-bond acceptors (Lipinski definition) is 4. The van der Waals surface area contributed by atoms with Crippen molar-refractivity contribution < 1.29 is 19.1 Å². The van der Waals surface area contributed by atoms with Gasteiger partial charge in [-0.2, -0.15) is 0 Å². The van der Waals surface area contributed by atoms with Gasteiger partial charge >= 0.3 is 11.9 Å². The molecule has 4 heteroatoms. The molecule has 2 aromatic rings. The summed E-state index contributed by atoms with van der Waals surface area (Å²) in [7, 11) is 0. The van der Waals surface area contributed by atoms with E-state index < -0.39 is 18.2 Å². The van der Waals surface area contributed by atoms with Gasteiger partial charge in [0, 0.05) is 20.3 Å². The molecule has 0 atom stereocenters. The van der Waals surface area contributed by atoms with Crippen LogP contribution in [0.4, 0.5) is 0 Å². The highest BCUT2D eigenvalue weighted by Crippen LogP contribution is 2.19. The minimum atomic E-state index is -0.887. The van der Waals surface area contributed by atoms with Crippen LogP contribution in [0.3, 0.4) is 0 Å². The van der Waals surface area contributed by atoms with Crippen LogP contribution in [0.2, 0.25) is 0 Å². The SMILES string of the molecule is CC(=O)OC(Cc1ccc2ccc(C)cc2c1)OC(C)=O. The molecule has 0 aromatic heterocycles. The van der Waals surface area contributed by atoms with E-state index in [2.05, 4.69) is 18.2 Å². The second kappa shape index (κ2) is 6.39. The summed E-state index contributed by atoms with van der Waals surface area (Å²) in [5.41, 5.74) is 2.12. The zero-order chi connectivity index (χ0) is 15.4. The molecular weight excluding hydrogens is 268 g/mol. The number of carbonyl (C=O) groups excluding carboxylic acids is 2. The second-order valence-electron chi connectivity index (χ2n) is 5.04. The highest BCUT2D eigenvalue weighted by Gasteiger charge is 2.16. The van der Waals surface area contributed by atoms with E-state index in [-0.39, 0.29) is 0 Å². The largest absolute Gasteiger partial charge is 0.425 e. The summed E-state index contributed by atoms with van der Waals surface area (Å²) in [6.07, 6.45) is -0.550. The van der Waals surface area contributed by atoms with Crippen LogP contribution < -0.4 is 0 Å². The van der Waals surface area contributed by atoms with Crippen molar-refractivity contribution in [2.75, 3.05) is 0 Å². The van der Waals surface area contributed by atoms with E-state index >= 15 is 0 Å². The average molecular weight is 286 g/mol. The number of aryl methyl sites for hydroxylation is 1. The van der Waals surface area contributed by atoms with E-state index in [9.17, 15) is 9.59 Å². The van der Waals surface area contributed by atoms with Crippen molar-refractivity contribution in [2.24, 2.45) is 0 Å². The number of benzene rings is 2. The van der Waals surface area contributed by atoms with Gasteiger partial charge < -0.3 is 9.47 Å². The van der Waals surface area contributed by atoms with E-state index in [1.165, 1.54) is 19.4 Å². The Morgan fingerprint density at radius 2 is 1.57 bits per heavy atom. The van der Waals surface area contributed by atoms with Gasteiger partial charge in [0.15, 0.2) is 0 Å². The number of esters is 2. The van der Waals surface area contributed by atoms with Crippen molar-refractivity contribution >= 4 is 22.7 Å². The molecule has 0 saturated carbocycles. The quantitative estimate of drug-likeness (QED) is 0.640. The molecule has 0 unspecified atom stereocenters. The van der Waals surface area contributed by atoms with Gasteiger partial charge in [-0.1, -0.05) is 42.0 Å². The summed E-state index contributed by atoms with van der Waals surface area (Å²) in [6, 6.07) is 12.2. The maximum atomic E-state index is 11.1. The summed E-state index contributed by atoms with van der Waals surface area (Å²) in [6.45, 7) is 4.62. The maximum absolute atomic E-state index is 11.1. The Balaban J connectivity index is 2.22. The molecule has 110 valence electrons. The second-order valence-corrected chi connectivity index (χ2v) is 5.04. The van der Waals surface area contributed by atoms with Gasteiger partial charge in [-0.3, -0.25) is 9.59 Å². The van der Waals surface area contributed by atoms with Crippen molar-refractivity contribution in [1.29, 1.82) is 0 Å². The first-order valence-electron chi connectivity index (χ1n) is 6.78. The van der Waals surface area contributed by atoms with Gasteiger partial charge in [-0.15, -0.1) is 0 Å². The molecule has 2 rings (SSSR count). The normalized spacial score (nSPS) is 10.7. The van der Waals surface area contributed by atoms with E-state index in [1.807, 2.05) is 25.1 Å². The molecule has 0 saturated heterocycles. The molecule has 0 aliphatic heterocycles. The predicted octanol–water partition coefficient (Wildman–Crippen LogP) is 3.14. The molecule has 0 N–H and O–H groups in total. The number of rotatable bonds is 4. The Hall–Kier alpha value is -2.36. The lowest BCUT2D eigenvalue weighted by Gasteiger charge is -2.17. The molecule has 4 nitrogen and oxygen atoms in total. The van der Waals surface area contributed by atoms with Gasteiger partial charge in [0.25, 0.3) is 6.29 Å². The van der Waals surface area contributed by atoms with Crippen LogP contribution in [-0.4, -0.2) is 18.2 Å². The Bertz CT molecular complexity index is 660. The maximum Gasteiger partial charge on any atom is 0.305 e. The van der Waals surface area contributed by atoms with Gasteiger partial charge in [0.2, 0.25) is 0 Å². The molecule has 0 radical (unpaired) electrons. The Kier molecular flexibility index (Phi) is 4.58. The van der Waals surface area contributed by atoms with Gasteiger partial charge in [0.05, 0.1) is 0 Å². The standard InChI is InChI=1S/C17H18O4/c1-11-4-6-15-7-5-14(9-16(15)8-11)10-17(20-12(2)18)21-13(3)19/h4-9,17H,10H2,1-3H3. The number of fused-ring (bicyclic) bond motifs is 1. The molecule has 0 aliphatic carbocycles. The zero-order valence-corrected chi connectivity index (χ0v) is 12.4. The molecule has 0 fully saturated rings. The molecule has 2 aromatic carbocycles. The third-order valence-corrected chi connectivity index (χ3v) is 3.06. The molecule has 0 spiro atoms. The number of ether oxygens (including phenoxy) is 2. The van der Waals surface area contributed by atoms with Crippen molar-refractivity contribution in [3.63, 3.8) is 0 Å². The first kappa shape index (κ1) is 15.0. The molecule has 0 amide bonds. The van der Waals surface area contributed by atoms with E-state index in [0.717, 1.165) is 16.3 Å². The first-order valence-corrected chi connectivity index (χ1v) is 6.78. The molecular formula is C17H18O4. The third-order valence-electron chi connectivity index (χ3n) is 3.06. The van der Waals surface area contributed by atoms with Crippen molar-refractivity contribution in [2.45, 2.75) is 33.5 Å². The van der Waals surface area contributed by atoms with Gasteiger partial charge in [-0.05, 0) is 23.3 Å². The highest BCUT2D eigenvalue weighted by molar-refractivity contribution is 5.83. The lowest BCUT2D eigenvalue weighted by atomic mass is 10.0. The van der Waals surface area contributed by atoms with Crippen LogP contribution in [-0.2, 0) is 25.5 Å². The van der Waals surface area contributed by atoms with E-state index in [4.69, 9.17) is 9.47 Å². The first-order chi connectivity index (χ1) is 9.94. The fourth-order valence-corrected chi connectivity index (χ4v) is 2.21. The highest BCUT2D eigenvalue weighted by atomic mass is 16.7. The fourth-order valence-electron chi connectivity index (χ4n) is 2.21. The monoisotopic (exact) mass is 286 g/mol. The Morgan fingerprint density at radius 3 is 2.19 bits per heavy atom. The molecule has 0 heterocycles. The van der Waals surface area contributed by atoms with Crippen molar-refractivity contribution in [3.8, 4) is 0 Å². The summed E-state index contributed by atoms with van der Waals surface area (Å²) >= 11 is 0. The van der Waals surface area contributed by atoms with Crippen LogP contribution in [0.25, 0.3) is 10.8 Å². The van der Waals surface area contributed by atoms with Crippen LogP contribution in [0.5, 0.6) is 0 Å². The molecule has 0 aliphatic rings. The Morgan fingerprint density at radius 1 is 0.952 bits per heavy atom. The topological polar surface area (TPSA) is 52.6 Å². The lowest BCUT2D eigenvalue weighted by Crippen LogP contribution is -2.24. The van der Waals surface area contributed by atoms with Crippen LogP contribution in [0.1, 0.15) is 25.0 Å². The molecule has 21 heavy (non-hydrogen) atoms. The van der Waals surface area contributed by atoms with E-state index in [1.54, 1.807) is 0 Å². The summed E-state index contributed by atoms with van der Waals surface area (Å²) in [5, 5.41) is 2.25. The molecule has 0 bridgehead atoms. The van der Waals surface area contributed by atoms with E-state index in [0.29, 0.717) is 6.42 Å². The fraction of sp³-hybridized carbons (Fsp3) is 0.294. The van der Waals surface area contributed by atoms with Crippen LogP contribution >= 0.6 is 0 Å². The minimum Gasteiger partial charge on any atom is -0.425 e. The number of hydrogen-bond donors (Lipinski definition) is 0. The van der Waals surface area contributed by atoms with Crippen LogP contribution in [0, 0.1) is 6.92 Å². The van der Waals surface area contributed by atoms with Gasteiger partial charge in [-0.25, -0.2) is 0 Å². The average Bonchev–Trinajstić information content (AvgIpc) is 2.36. The van der Waals surface area contributed by atoms with Crippen molar-refractivity contribution in [1.82, 2.24) is 0 Å². The lowest BCUT2D eigenvalue weighted by molar-refractivity contribution is -0.184. The summed E-state index contributed by atoms with van der Waals surface area (Å²) in [4.78, 5) is 22.1. The Labute approximate surface area is 123 Å². The minimum absolute atomic E-state index is 0.336. The summed E-state index contributed by atoms with van der Waals surface area (Å²) < 4.78 is 10.0. The van der Waals surface area contributed by atoms with Gasteiger partial charge in [0.1, 0.15) is 0 Å². The predicted molar refractivity (Wildman–Crippen MR) is 79.7 cm³/mol. The third kappa shape index (κ3) is 4.31. The van der Waals surface area contributed by atoms with Crippen molar-refractivity contribution in [3.05, 3.63) is 47.5 Å².